The fourth-order valence-corrected chi connectivity index (χ4v) is 2.09. The van der Waals surface area contributed by atoms with Crippen molar-refractivity contribution in [2.75, 3.05) is 10.6 Å². The van der Waals surface area contributed by atoms with Crippen LogP contribution in [0, 0.1) is 0 Å². The molecule has 3 rings (SSSR count). The van der Waals surface area contributed by atoms with Gasteiger partial charge in [0.1, 0.15) is 5.75 Å². The summed E-state index contributed by atoms with van der Waals surface area (Å²) >= 11 is 0. The largest absolute Gasteiger partial charge is 0.445 e. The number of rotatable bonds is 0. The summed E-state index contributed by atoms with van der Waals surface area (Å²) in [6.45, 7) is 3.72. The van der Waals surface area contributed by atoms with Gasteiger partial charge in [-0.25, -0.2) is 0 Å². The lowest BCUT2D eigenvalue weighted by molar-refractivity contribution is -0.119. The van der Waals surface area contributed by atoms with Crippen LogP contribution < -0.4 is 15.4 Å². The first-order valence-corrected chi connectivity index (χ1v) is 5.10. The van der Waals surface area contributed by atoms with Crippen LogP contribution in [0.1, 0.15) is 19.4 Å². The van der Waals surface area contributed by atoms with Crippen LogP contribution in [-0.4, -0.2) is 17.4 Å². The minimum Gasteiger partial charge on any atom is -0.445 e. The maximum absolute atomic E-state index is 11.7. The van der Waals surface area contributed by atoms with Gasteiger partial charge in [0.15, 0.2) is 0 Å². The Kier molecular flexibility index (Phi) is 1.59. The van der Waals surface area contributed by atoms with E-state index in [2.05, 4.69) is 10.6 Å². The number of nitrogens with one attached hydrogen (secondary N) is 2. The van der Waals surface area contributed by atoms with E-state index in [1.807, 2.05) is 13.8 Å². The Morgan fingerprint density at radius 1 is 1.38 bits per heavy atom. The Balaban J connectivity index is 2.16. The zero-order chi connectivity index (χ0) is 11.5. The average molecular weight is 220 g/mol. The molecule has 1 atom stereocenters. The SMILES string of the molecule is CC1(C)C(=O)Nc2cc3c(cc21)OC(O)N3. The summed E-state index contributed by atoms with van der Waals surface area (Å²) in [5.74, 6) is 0.558. The third-order valence-corrected chi connectivity index (χ3v) is 3.13. The number of hydrogen-bond acceptors (Lipinski definition) is 4. The summed E-state index contributed by atoms with van der Waals surface area (Å²) in [5.41, 5.74) is 1.82. The predicted molar refractivity (Wildman–Crippen MR) is 58.4 cm³/mol. The average Bonchev–Trinajstić information content (AvgIpc) is 2.63. The van der Waals surface area contributed by atoms with E-state index in [0.29, 0.717) is 11.4 Å². The quantitative estimate of drug-likeness (QED) is 0.610. The first-order chi connectivity index (χ1) is 7.48. The molecule has 0 fully saturated rings. The van der Waals surface area contributed by atoms with E-state index in [0.717, 1.165) is 11.3 Å². The number of benzene rings is 1. The van der Waals surface area contributed by atoms with Gasteiger partial charge in [-0.3, -0.25) is 4.79 Å². The molecule has 5 heteroatoms. The highest BCUT2D eigenvalue weighted by atomic mass is 16.6. The highest BCUT2D eigenvalue weighted by molar-refractivity contribution is 6.06. The number of hydrogen-bond donors (Lipinski definition) is 3. The normalized spacial score (nSPS) is 24.2. The monoisotopic (exact) mass is 220 g/mol. The van der Waals surface area contributed by atoms with Crippen molar-refractivity contribution in [3.63, 3.8) is 0 Å². The molecular weight excluding hydrogens is 208 g/mol. The lowest BCUT2D eigenvalue weighted by Crippen LogP contribution is -2.26. The first-order valence-electron chi connectivity index (χ1n) is 5.10. The number of ether oxygens (including phenoxy) is 1. The molecule has 1 aromatic carbocycles. The Bertz CT molecular complexity index is 496. The van der Waals surface area contributed by atoms with Crippen LogP contribution in [0.25, 0.3) is 0 Å². The van der Waals surface area contributed by atoms with Gasteiger partial charge in [-0.05, 0) is 31.5 Å². The van der Waals surface area contributed by atoms with Crippen molar-refractivity contribution in [2.45, 2.75) is 25.7 Å². The van der Waals surface area contributed by atoms with Crippen LogP contribution in [0.4, 0.5) is 11.4 Å². The van der Waals surface area contributed by atoms with Gasteiger partial charge in [-0.2, -0.15) is 0 Å². The van der Waals surface area contributed by atoms with E-state index in [-0.39, 0.29) is 5.91 Å². The molecular formula is C11H12N2O3. The van der Waals surface area contributed by atoms with Crippen molar-refractivity contribution >= 4 is 17.3 Å². The number of aliphatic hydroxyl groups is 1. The van der Waals surface area contributed by atoms with Gasteiger partial charge in [0.05, 0.1) is 11.1 Å². The molecule has 1 aromatic rings. The maximum atomic E-state index is 11.7. The first kappa shape index (κ1) is 9.47. The van der Waals surface area contributed by atoms with Crippen LogP contribution in [0.3, 0.4) is 0 Å². The van der Waals surface area contributed by atoms with Gasteiger partial charge in [-0.15, -0.1) is 0 Å². The maximum Gasteiger partial charge on any atom is 0.279 e. The molecule has 2 aliphatic heterocycles. The second-order valence-electron chi connectivity index (χ2n) is 4.59. The van der Waals surface area contributed by atoms with Crippen LogP contribution >= 0.6 is 0 Å². The standard InChI is InChI=1S/C11H12N2O3/c1-11(2)5-3-8-7(13-10(15)16-8)4-6(5)12-9(11)14/h3-4,10,13,15H,1-2H3,(H,12,14). The molecule has 2 heterocycles. The molecule has 0 aliphatic carbocycles. The van der Waals surface area contributed by atoms with Crippen molar-refractivity contribution in [3.8, 4) is 5.75 Å². The van der Waals surface area contributed by atoms with Crippen molar-refractivity contribution in [1.29, 1.82) is 0 Å². The van der Waals surface area contributed by atoms with Crippen molar-refractivity contribution in [2.24, 2.45) is 0 Å². The van der Waals surface area contributed by atoms with Crippen molar-refractivity contribution < 1.29 is 14.6 Å². The molecule has 0 radical (unpaired) electrons. The lowest BCUT2D eigenvalue weighted by Gasteiger charge is -2.15. The van der Waals surface area contributed by atoms with Gasteiger partial charge in [0, 0.05) is 5.69 Å². The molecule has 84 valence electrons. The van der Waals surface area contributed by atoms with Crippen LogP contribution in [-0.2, 0) is 10.2 Å². The minimum atomic E-state index is -1.00. The number of carbonyl (C=O) groups is 1. The van der Waals surface area contributed by atoms with Crippen molar-refractivity contribution in [1.82, 2.24) is 0 Å². The van der Waals surface area contributed by atoms with Gasteiger partial charge >= 0.3 is 0 Å². The fraction of sp³-hybridized carbons (Fsp3) is 0.364. The molecule has 1 amide bonds. The minimum absolute atomic E-state index is 0.0216. The topological polar surface area (TPSA) is 70.6 Å². The Hall–Kier alpha value is -1.75. The summed E-state index contributed by atoms with van der Waals surface area (Å²) in [5, 5.41) is 14.9. The summed E-state index contributed by atoms with van der Waals surface area (Å²) < 4.78 is 5.17. The van der Waals surface area contributed by atoms with Crippen LogP contribution in [0.15, 0.2) is 12.1 Å². The van der Waals surface area contributed by atoms with Crippen molar-refractivity contribution in [3.05, 3.63) is 17.7 Å². The lowest BCUT2D eigenvalue weighted by atomic mass is 9.86. The highest BCUT2D eigenvalue weighted by Crippen LogP contribution is 2.44. The molecule has 0 saturated heterocycles. The van der Waals surface area contributed by atoms with E-state index in [1.54, 1.807) is 12.1 Å². The van der Waals surface area contributed by atoms with E-state index < -0.39 is 11.8 Å². The Morgan fingerprint density at radius 2 is 2.12 bits per heavy atom. The third kappa shape index (κ3) is 1.06. The molecule has 0 spiro atoms. The van der Waals surface area contributed by atoms with Crippen LogP contribution in [0.2, 0.25) is 0 Å². The number of anilines is 2. The molecule has 3 N–H and O–H groups in total. The molecule has 0 bridgehead atoms. The van der Waals surface area contributed by atoms with Gasteiger partial charge in [-0.1, -0.05) is 0 Å². The summed E-state index contributed by atoms with van der Waals surface area (Å²) in [4.78, 5) is 11.7. The van der Waals surface area contributed by atoms with Crippen LogP contribution in [0.5, 0.6) is 5.75 Å². The third-order valence-electron chi connectivity index (χ3n) is 3.13. The van der Waals surface area contributed by atoms with Gasteiger partial charge < -0.3 is 20.5 Å². The zero-order valence-corrected chi connectivity index (χ0v) is 9.00. The summed E-state index contributed by atoms with van der Waals surface area (Å²) in [7, 11) is 0. The summed E-state index contributed by atoms with van der Waals surface area (Å²) in [6, 6.07) is 3.58. The molecule has 5 nitrogen and oxygen atoms in total. The van der Waals surface area contributed by atoms with Gasteiger partial charge in [0.2, 0.25) is 5.91 Å². The Morgan fingerprint density at radius 3 is 2.88 bits per heavy atom. The fourth-order valence-electron chi connectivity index (χ4n) is 2.09. The summed E-state index contributed by atoms with van der Waals surface area (Å²) in [6.07, 6.45) is -1.00. The number of carbonyl (C=O) groups excluding carboxylic acids is 1. The molecule has 0 saturated carbocycles. The highest BCUT2D eigenvalue weighted by Gasteiger charge is 2.40. The van der Waals surface area contributed by atoms with E-state index in [1.165, 1.54) is 0 Å². The zero-order valence-electron chi connectivity index (χ0n) is 9.00. The molecule has 2 aliphatic rings. The van der Waals surface area contributed by atoms with Gasteiger partial charge in [0.25, 0.3) is 6.41 Å². The van der Waals surface area contributed by atoms with E-state index in [9.17, 15) is 9.90 Å². The predicted octanol–water partition coefficient (Wildman–Crippen LogP) is 0.996. The second kappa shape index (κ2) is 2.68. The number of fused-ring (bicyclic) bond motifs is 2. The number of amides is 1. The van der Waals surface area contributed by atoms with E-state index >= 15 is 0 Å². The molecule has 1 unspecified atom stereocenters. The second-order valence-corrected chi connectivity index (χ2v) is 4.59. The molecule has 0 aromatic heterocycles. The van der Waals surface area contributed by atoms with E-state index in [4.69, 9.17) is 4.74 Å². The Labute approximate surface area is 92.4 Å². The molecule has 16 heavy (non-hydrogen) atoms. The smallest absolute Gasteiger partial charge is 0.279 e. The number of aliphatic hydroxyl groups excluding tert-OH is 1.